The van der Waals surface area contributed by atoms with Crippen molar-refractivity contribution in [3.05, 3.63) is 42.5 Å². The lowest BCUT2D eigenvalue weighted by Crippen LogP contribution is -2.31. The molecule has 2 N–H and O–H groups in total. The standard InChI is InChI=1S/C14H18N4/c15-9-14(7-1-2-8-14)12-3-5-13(6-4-12)18-11-16-10-17-18/h3-6,10-11H,1-2,7-9,15H2. The monoisotopic (exact) mass is 242 g/mol. The van der Waals surface area contributed by atoms with Crippen LogP contribution in [0.5, 0.6) is 0 Å². The minimum atomic E-state index is 0.209. The number of rotatable bonds is 3. The molecule has 94 valence electrons. The highest BCUT2D eigenvalue weighted by molar-refractivity contribution is 5.37. The molecule has 1 aromatic heterocycles. The molecule has 0 unspecified atom stereocenters. The van der Waals surface area contributed by atoms with Crippen LogP contribution in [0.4, 0.5) is 0 Å². The molecule has 1 heterocycles. The molecule has 0 saturated heterocycles. The Bertz CT molecular complexity index is 495. The first-order valence-electron chi connectivity index (χ1n) is 6.50. The van der Waals surface area contributed by atoms with Crippen molar-refractivity contribution in [3.8, 4) is 5.69 Å². The number of nitrogens with zero attached hydrogens (tertiary/aromatic N) is 3. The Balaban J connectivity index is 1.91. The Kier molecular flexibility index (Phi) is 2.88. The molecular formula is C14H18N4. The summed E-state index contributed by atoms with van der Waals surface area (Å²) in [7, 11) is 0. The second-order valence-corrected chi connectivity index (χ2v) is 5.08. The zero-order chi connectivity index (χ0) is 12.4. The van der Waals surface area contributed by atoms with Crippen LogP contribution in [-0.4, -0.2) is 21.3 Å². The summed E-state index contributed by atoms with van der Waals surface area (Å²) < 4.78 is 1.77. The Morgan fingerprint density at radius 1 is 1.17 bits per heavy atom. The van der Waals surface area contributed by atoms with Crippen LogP contribution in [0.2, 0.25) is 0 Å². The Morgan fingerprint density at radius 3 is 2.44 bits per heavy atom. The number of nitrogens with two attached hydrogens (primary N) is 1. The first-order chi connectivity index (χ1) is 8.84. The van der Waals surface area contributed by atoms with E-state index in [4.69, 9.17) is 5.73 Å². The van der Waals surface area contributed by atoms with Crippen LogP contribution >= 0.6 is 0 Å². The molecule has 0 radical (unpaired) electrons. The van der Waals surface area contributed by atoms with Crippen molar-refractivity contribution in [2.45, 2.75) is 31.1 Å². The van der Waals surface area contributed by atoms with E-state index in [0.717, 1.165) is 12.2 Å². The van der Waals surface area contributed by atoms with Crippen LogP contribution < -0.4 is 5.73 Å². The van der Waals surface area contributed by atoms with Gasteiger partial charge in [-0.25, -0.2) is 9.67 Å². The van der Waals surface area contributed by atoms with Gasteiger partial charge in [-0.05, 0) is 30.5 Å². The van der Waals surface area contributed by atoms with Crippen molar-refractivity contribution in [2.24, 2.45) is 5.73 Å². The summed E-state index contributed by atoms with van der Waals surface area (Å²) in [6.45, 7) is 0.746. The normalized spacial score (nSPS) is 18.1. The minimum Gasteiger partial charge on any atom is -0.330 e. The van der Waals surface area contributed by atoms with Crippen molar-refractivity contribution in [3.63, 3.8) is 0 Å². The van der Waals surface area contributed by atoms with Crippen LogP contribution in [0.15, 0.2) is 36.9 Å². The highest BCUT2D eigenvalue weighted by atomic mass is 15.3. The number of aromatic nitrogens is 3. The van der Waals surface area contributed by atoms with Crippen LogP contribution in [0.3, 0.4) is 0 Å². The Hall–Kier alpha value is -1.68. The van der Waals surface area contributed by atoms with Gasteiger partial charge in [0.2, 0.25) is 0 Å². The summed E-state index contributed by atoms with van der Waals surface area (Å²) in [6.07, 6.45) is 8.28. The molecule has 2 aromatic rings. The SMILES string of the molecule is NCC1(c2ccc(-n3cncn3)cc2)CCCC1. The molecule has 4 heteroatoms. The predicted molar refractivity (Wildman–Crippen MR) is 70.6 cm³/mol. The second-order valence-electron chi connectivity index (χ2n) is 5.08. The van der Waals surface area contributed by atoms with E-state index in [-0.39, 0.29) is 5.41 Å². The molecule has 3 rings (SSSR count). The van der Waals surface area contributed by atoms with Crippen molar-refractivity contribution in [1.82, 2.24) is 14.8 Å². The molecule has 0 spiro atoms. The average molecular weight is 242 g/mol. The summed E-state index contributed by atoms with van der Waals surface area (Å²) in [5.41, 5.74) is 8.63. The van der Waals surface area contributed by atoms with E-state index in [9.17, 15) is 0 Å². The van der Waals surface area contributed by atoms with Crippen LogP contribution in [-0.2, 0) is 5.41 Å². The van der Waals surface area contributed by atoms with E-state index in [1.54, 1.807) is 17.3 Å². The van der Waals surface area contributed by atoms with Crippen molar-refractivity contribution < 1.29 is 0 Å². The Morgan fingerprint density at radius 2 is 1.89 bits per heavy atom. The molecule has 0 amide bonds. The van der Waals surface area contributed by atoms with Crippen molar-refractivity contribution in [1.29, 1.82) is 0 Å². The molecule has 1 aliphatic carbocycles. The molecular weight excluding hydrogens is 224 g/mol. The smallest absolute Gasteiger partial charge is 0.138 e. The lowest BCUT2D eigenvalue weighted by molar-refractivity contribution is 0.453. The van der Waals surface area contributed by atoms with E-state index in [1.807, 2.05) is 0 Å². The van der Waals surface area contributed by atoms with Gasteiger partial charge in [-0.15, -0.1) is 0 Å². The molecule has 1 aliphatic rings. The van der Waals surface area contributed by atoms with Gasteiger partial charge < -0.3 is 5.73 Å². The zero-order valence-corrected chi connectivity index (χ0v) is 10.4. The molecule has 1 fully saturated rings. The fraction of sp³-hybridized carbons (Fsp3) is 0.429. The lowest BCUT2D eigenvalue weighted by Gasteiger charge is -2.28. The maximum Gasteiger partial charge on any atom is 0.138 e. The lowest BCUT2D eigenvalue weighted by atomic mass is 9.79. The van der Waals surface area contributed by atoms with Gasteiger partial charge >= 0.3 is 0 Å². The summed E-state index contributed by atoms with van der Waals surface area (Å²) >= 11 is 0. The summed E-state index contributed by atoms with van der Waals surface area (Å²) in [5.74, 6) is 0. The summed E-state index contributed by atoms with van der Waals surface area (Å²) in [4.78, 5) is 3.96. The summed E-state index contributed by atoms with van der Waals surface area (Å²) in [6, 6.07) is 8.57. The summed E-state index contributed by atoms with van der Waals surface area (Å²) in [5, 5.41) is 4.13. The van der Waals surface area contributed by atoms with Gasteiger partial charge in [0.15, 0.2) is 0 Å². The fourth-order valence-corrected chi connectivity index (χ4v) is 2.97. The molecule has 1 saturated carbocycles. The predicted octanol–water partition coefficient (Wildman–Crippen LogP) is 2.04. The molecule has 0 bridgehead atoms. The van der Waals surface area contributed by atoms with E-state index < -0.39 is 0 Å². The Labute approximate surface area is 107 Å². The van der Waals surface area contributed by atoms with E-state index >= 15 is 0 Å². The van der Waals surface area contributed by atoms with Crippen LogP contribution in [0.1, 0.15) is 31.2 Å². The number of hydrogen-bond acceptors (Lipinski definition) is 3. The van der Waals surface area contributed by atoms with Gasteiger partial charge in [0.05, 0.1) is 5.69 Å². The third kappa shape index (κ3) is 1.82. The first-order valence-corrected chi connectivity index (χ1v) is 6.50. The quantitative estimate of drug-likeness (QED) is 0.896. The van der Waals surface area contributed by atoms with Crippen LogP contribution in [0.25, 0.3) is 5.69 Å². The third-order valence-corrected chi connectivity index (χ3v) is 4.11. The van der Waals surface area contributed by atoms with Crippen molar-refractivity contribution >= 4 is 0 Å². The third-order valence-electron chi connectivity index (χ3n) is 4.11. The highest BCUT2D eigenvalue weighted by Crippen LogP contribution is 2.40. The zero-order valence-electron chi connectivity index (χ0n) is 10.4. The topological polar surface area (TPSA) is 56.7 Å². The molecule has 1 aromatic carbocycles. The van der Waals surface area contributed by atoms with Gasteiger partial charge in [0.1, 0.15) is 12.7 Å². The minimum absolute atomic E-state index is 0.209. The van der Waals surface area contributed by atoms with E-state index in [2.05, 4.69) is 34.3 Å². The maximum atomic E-state index is 6.01. The molecule has 0 atom stereocenters. The van der Waals surface area contributed by atoms with E-state index in [1.165, 1.54) is 31.2 Å². The highest BCUT2D eigenvalue weighted by Gasteiger charge is 2.33. The molecule has 0 aliphatic heterocycles. The fourth-order valence-electron chi connectivity index (χ4n) is 2.97. The second kappa shape index (κ2) is 4.53. The van der Waals surface area contributed by atoms with Crippen LogP contribution in [0, 0.1) is 0 Å². The maximum absolute atomic E-state index is 6.01. The van der Waals surface area contributed by atoms with Gasteiger partial charge in [-0.3, -0.25) is 0 Å². The molecule has 4 nitrogen and oxygen atoms in total. The van der Waals surface area contributed by atoms with Crippen molar-refractivity contribution in [2.75, 3.05) is 6.54 Å². The largest absolute Gasteiger partial charge is 0.330 e. The van der Waals surface area contributed by atoms with Gasteiger partial charge in [0, 0.05) is 12.0 Å². The van der Waals surface area contributed by atoms with Gasteiger partial charge in [-0.2, -0.15) is 5.10 Å². The van der Waals surface area contributed by atoms with Gasteiger partial charge in [-0.1, -0.05) is 25.0 Å². The number of benzene rings is 1. The first kappa shape index (κ1) is 11.4. The van der Waals surface area contributed by atoms with E-state index in [0.29, 0.717) is 0 Å². The van der Waals surface area contributed by atoms with Gasteiger partial charge in [0.25, 0.3) is 0 Å². The molecule has 18 heavy (non-hydrogen) atoms. The number of hydrogen-bond donors (Lipinski definition) is 1. The average Bonchev–Trinajstić information content (AvgIpc) is 3.11.